The number of rotatable bonds is 3. The molecule has 0 radical (unpaired) electrons. The van der Waals surface area contributed by atoms with Crippen molar-refractivity contribution in [1.29, 1.82) is 0 Å². The van der Waals surface area contributed by atoms with Crippen molar-refractivity contribution in [2.75, 3.05) is 0 Å². The molecular weight excluding hydrogens is 216 g/mol. The Balaban J connectivity index is 2.48. The molecule has 2 aromatic rings. The van der Waals surface area contributed by atoms with E-state index in [0.717, 1.165) is 5.69 Å². The molecule has 0 aliphatic heterocycles. The maximum Gasteiger partial charge on any atom is 0.199 e. The first-order valence-corrected chi connectivity index (χ1v) is 5.34. The average molecular weight is 228 g/mol. The zero-order valence-corrected chi connectivity index (χ0v) is 9.71. The Kier molecular flexibility index (Phi) is 3.18. The van der Waals surface area contributed by atoms with E-state index in [-0.39, 0.29) is 5.78 Å². The third-order valence-electron chi connectivity index (χ3n) is 2.53. The molecule has 0 aliphatic rings. The highest BCUT2D eigenvalue weighted by Gasteiger charge is 2.16. The second kappa shape index (κ2) is 4.78. The zero-order chi connectivity index (χ0) is 12.3. The molecule has 0 N–H and O–H groups in total. The SMILES string of the molecule is CCc1ncncc1C(=O)c1cncnc1C. The Bertz CT molecular complexity index is 554. The number of hydrogen-bond donors (Lipinski definition) is 0. The van der Waals surface area contributed by atoms with Gasteiger partial charge in [-0.05, 0) is 13.3 Å². The van der Waals surface area contributed by atoms with E-state index in [1.807, 2.05) is 6.92 Å². The first-order valence-electron chi connectivity index (χ1n) is 5.34. The van der Waals surface area contributed by atoms with Gasteiger partial charge in [0.2, 0.25) is 0 Å². The van der Waals surface area contributed by atoms with E-state index >= 15 is 0 Å². The van der Waals surface area contributed by atoms with Crippen molar-refractivity contribution in [1.82, 2.24) is 19.9 Å². The highest BCUT2D eigenvalue weighted by Crippen LogP contribution is 2.13. The molecule has 0 bridgehead atoms. The molecule has 0 saturated heterocycles. The topological polar surface area (TPSA) is 68.6 Å². The van der Waals surface area contributed by atoms with Crippen LogP contribution in [0.1, 0.15) is 34.2 Å². The smallest absolute Gasteiger partial charge is 0.199 e. The van der Waals surface area contributed by atoms with Crippen LogP contribution in [0.2, 0.25) is 0 Å². The summed E-state index contributed by atoms with van der Waals surface area (Å²) in [7, 11) is 0. The van der Waals surface area contributed by atoms with Crippen LogP contribution in [0.5, 0.6) is 0 Å². The number of hydrogen-bond acceptors (Lipinski definition) is 5. The van der Waals surface area contributed by atoms with Gasteiger partial charge < -0.3 is 0 Å². The van der Waals surface area contributed by atoms with Crippen LogP contribution in [-0.2, 0) is 6.42 Å². The van der Waals surface area contributed by atoms with E-state index in [0.29, 0.717) is 23.2 Å². The van der Waals surface area contributed by atoms with Gasteiger partial charge in [0, 0.05) is 12.4 Å². The van der Waals surface area contributed by atoms with E-state index < -0.39 is 0 Å². The van der Waals surface area contributed by atoms with Gasteiger partial charge in [-0.15, -0.1) is 0 Å². The Morgan fingerprint density at radius 1 is 1.12 bits per heavy atom. The minimum atomic E-state index is -0.124. The van der Waals surface area contributed by atoms with E-state index in [9.17, 15) is 4.79 Å². The number of aromatic nitrogens is 4. The molecule has 0 amide bonds. The van der Waals surface area contributed by atoms with Crippen LogP contribution in [0.4, 0.5) is 0 Å². The van der Waals surface area contributed by atoms with Gasteiger partial charge in [-0.1, -0.05) is 6.92 Å². The molecule has 0 spiro atoms. The van der Waals surface area contributed by atoms with Gasteiger partial charge in [-0.3, -0.25) is 4.79 Å². The summed E-state index contributed by atoms with van der Waals surface area (Å²) < 4.78 is 0. The van der Waals surface area contributed by atoms with Gasteiger partial charge in [0.05, 0.1) is 22.5 Å². The lowest BCUT2D eigenvalue weighted by Crippen LogP contribution is -2.10. The second-order valence-corrected chi connectivity index (χ2v) is 3.59. The largest absolute Gasteiger partial charge is 0.288 e. The van der Waals surface area contributed by atoms with Gasteiger partial charge in [0.1, 0.15) is 12.7 Å². The summed E-state index contributed by atoms with van der Waals surface area (Å²) in [6.07, 6.45) is 6.63. The summed E-state index contributed by atoms with van der Waals surface area (Å²) in [6, 6.07) is 0. The van der Waals surface area contributed by atoms with E-state index in [1.165, 1.54) is 18.9 Å². The van der Waals surface area contributed by atoms with Crippen LogP contribution >= 0.6 is 0 Å². The van der Waals surface area contributed by atoms with Crippen molar-refractivity contribution >= 4 is 5.78 Å². The fourth-order valence-electron chi connectivity index (χ4n) is 1.59. The minimum absolute atomic E-state index is 0.124. The minimum Gasteiger partial charge on any atom is -0.288 e. The predicted molar refractivity (Wildman–Crippen MR) is 61.6 cm³/mol. The number of ketones is 1. The van der Waals surface area contributed by atoms with Gasteiger partial charge in [0.15, 0.2) is 5.78 Å². The van der Waals surface area contributed by atoms with E-state index in [4.69, 9.17) is 0 Å². The van der Waals surface area contributed by atoms with E-state index in [2.05, 4.69) is 19.9 Å². The maximum atomic E-state index is 12.3. The van der Waals surface area contributed by atoms with Crippen LogP contribution in [0.3, 0.4) is 0 Å². The fraction of sp³-hybridized carbons (Fsp3) is 0.250. The molecule has 2 rings (SSSR count). The maximum absolute atomic E-state index is 12.3. The number of carbonyl (C=O) groups excluding carboxylic acids is 1. The van der Waals surface area contributed by atoms with Gasteiger partial charge in [0.25, 0.3) is 0 Å². The number of aryl methyl sites for hydroxylation is 2. The third-order valence-corrected chi connectivity index (χ3v) is 2.53. The lowest BCUT2D eigenvalue weighted by atomic mass is 10.0. The molecular formula is C12H12N4O. The van der Waals surface area contributed by atoms with Crippen LogP contribution in [0.25, 0.3) is 0 Å². The zero-order valence-electron chi connectivity index (χ0n) is 9.71. The quantitative estimate of drug-likeness (QED) is 0.742. The predicted octanol–water partition coefficient (Wildman–Crippen LogP) is 1.37. The van der Waals surface area contributed by atoms with Crippen molar-refractivity contribution in [3.63, 3.8) is 0 Å². The monoisotopic (exact) mass is 228 g/mol. The fourth-order valence-corrected chi connectivity index (χ4v) is 1.59. The summed E-state index contributed by atoms with van der Waals surface area (Å²) in [5, 5.41) is 0. The van der Waals surface area contributed by atoms with Crippen LogP contribution in [0.15, 0.2) is 25.0 Å². The molecule has 5 nitrogen and oxygen atoms in total. The van der Waals surface area contributed by atoms with Crippen LogP contribution in [-0.4, -0.2) is 25.7 Å². The Morgan fingerprint density at radius 2 is 1.76 bits per heavy atom. The first kappa shape index (κ1) is 11.3. The van der Waals surface area contributed by atoms with Gasteiger partial charge in [-0.2, -0.15) is 0 Å². The molecule has 2 heterocycles. The van der Waals surface area contributed by atoms with Crippen LogP contribution in [0, 0.1) is 6.92 Å². The summed E-state index contributed by atoms with van der Waals surface area (Å²) in [6.45, 7) is 3.73. The second-order valence-electron chi connectivity index (χ2n) is 3.59. The van der Waals surface area contributed by atoms with Crippen molar-refractivity contribution in [2.45, 2.75) is 20.3 Å². The lowest BCUT2D eigenvalue weighted by Gasteiger charge is -2.06. The van der Waals surface area contributed by atoms with Crippen molar-refractivity contribution in [2.24, 2.45) is 0 Å². The number of carbonyl (C=O) groups is 1. The average Bonchev–Trinajstić information content (AvgIpc) is 2.38. The standard InChI is InChI=1S/C12H12N4O/c1-3-11-10(5-14-7-16-11)12(17)9-4-13-6-15-8(9)2/h4-7H,3H2,1-2H3. The summed E-state index contributed by atoms with van der Waals surface area (Å²) in [4.78, 5) is 28.2. The van der Waals surface area contributed by atoms with Crippen molar-refractivity contribution < 1.29 is 4.79 Å². The van der Waals surface area contributed by atoms with Gasteiger partial charge >= 0.3 is 0 Å². The van der Waals surface area contributed by atoms with Crippen molar-refractivity contribution in [3.05, 3.63) is 47.6 Å². The molecule has 17 heavy (non-hydrogen) atoms. The molecule has 0 saturated carbocycles. The molecule has 0 atom stereocenters. The van der Waals surface area contributed by atoms with Crippen LogP contribution < -0.4 is 0 Å². The molecule has 0 aliphatic carbocycles. The molecule has 86 valence electrons. The lowest BCUT2D eigenvalue weighted by molar-refractivity contribution is 0.103. The highest BCUT2D eigenvalue weighted by molar-refractivity contribution is 6.09. The first-order chi connectivity index (χ1) is 8.24. The Morgan fingerprint density at radius 3 is 2.41 bits per heavy atom. The number of nitrogens with zero attached hydrogens (tertiary/aromatic N) is 4. The Labute approximate surface area is 99.0 Å². The Hall–Kier alpha value is -2.17. The third kappa shape index (κ3) is 2.18. The van der Waals surface area contributed by atoms with Gasteiger partial charge in [-0.25, -0.2) is 19.9 Å². The molecule has 5 heteroatoms. The normalized spacial score (nSPS) is 10.2. The summed E-state index contributed by atoms with van der Waals surface area (Å²) >= 11 is 0. The van der Waals surface area contributed by atoms with Crippen molar-refractivity contribution in [3.8, 4) is 0 Å². The summed E-state index contributed by atoms with van der Waals surface area (Å²) in [5.74, 6) is -0.124. The molecule has 0 aromatic carbocycles. The molecule has 0 unspecified atom stereocenters. The molecule has 0 fully saturated rings. The summed E-state index contributed by atoms with van der Waals surface area (Å²) in [5.41, 5.74) is 2.43. The highest BCUT2D eigenvalue weighted by atomic mass is 16.1. The molecule has 2 aromatic heterocycles. The van der Waals surface area contributed by atoms with E-state index in [1.54, 1.807) is 13.1 Å².